The van der Waals surface area contributed by atoms with Gasteiger partial charge in [-0.15, -0.1) is 0 Å². The lowest BCUT2D eigenvalue weighted by atomic mass is 10.1. The first-order valence-corrected chi connectivity index (χ1v) is 6.75. The van der Waals surface area contributed by atoms with Crippen LogP contribution in [0.5, 0.6) is 0 Å². The summed E-state index contributed by atoms with van der Waals surface area (Å²) in [5, 5.41) is 10.8. The number of ether oxygens (including phenoxy) is 1. The van der Waals surface area contributed by atoms with Gasteiger partial charge in [0.2, 0.25) is 0 Å². The molecule has 1 saturated heterocycles. The molecule has 0 radical (unpaired) electrons. The lowest BCUT2D eigenvalue weighted by Gasteiger charge is -2.18. The second kappa shape index (κ2) is 6.53. The summed E-state index contributed by atoms with van der Waals surface area (Å²) in [7, 11) is 1.76. The fourth-order valence-corrected chi connectivity index (χ4v) is 2.48. The second-order valence-corrected chi connectivity index (χ2v) is 5.24. The van der Waals surface area contributed by atoms with Gasteiger partial charge in [0.1, 0.15) is 0 Å². The molecule has 2 rings (SSSR count). The Balaban J connectivity index is 1.78. The molecule has 18 heavy (non-hydrogen) atoms. The van der Waals surface area contributed by atoms with Gasteiger partial charge >= 0.3 is 0 Å². The van der Waals surface area contributed by atoms with Crippen LogP contribution >= 0.6 is 11.6 Å². The largest absolute Gasteiger partial charge is 0.388 e. The summed E-state index contributed by atoms with van der Waals surface area (Å²) in [6, 6.07) is 7.40. The van der Waals surface area contributed by atoms with Crippen molar-refractivity contribution in [3.63, 3.8) is 0 Å². The summed E-state index contributed by atoms with van der Waals surface area (Å²) in [4.78, 5) is 2.34. The highest BCUT2D eigenvalue weighted by Crippen LogP contribution is 2.20. The van der Waals surface area contributed by atoms with Gasteiger partial charge in [-0.1, -0.05) is 23.7 Å². The number of halogens is 1. The molecule has 2 atom stereocenters. The maximum absolute atomic E-state index is 10.1. The van der Waals surface area contributed by atoms with Gasteiger partial charge < -0.3 is 14.7 Å². The maximum Gasteiger partial charge on any atom is 0.0802 e. The number of hydrogen-bond donors (Lipinski definition) is 1. The van der Waals surface area contributed by atoms with E-state index in [0.717, 1.165) is 38.0 Å². The maximum atomic E-state index is 10.1. The van der Waals surface area contributed by atoms with Gasteiger partial charge in [0.25, 0.3) is 0 Å². The summed E-state index contributed by atoms with van der Waals surface area (Å²) in [5.74, 6) is 0. The predicted molar refractivity (Wildman–Crippen MR) is 72.9 cm³/mol. The van der Waals surface area contributed by atoms with Crippen LogP contribution in [0.15, 0.2) is 24.3 Å². The fourth-order valence-electron chi connectivity index (χ4n) is 2.35. The van der Waals surface area contributed by atoms with E-state index in [2.05, 4.69) is 4.90 Å². The number of methoxy groups -OCH3 is 1. The van der Waals surface area contributed by atoms with E-state index in [1.807, 2.05) is 24.3 Å². The Morgan fingerprint density at radius 2 is 2.17 bits per heavy atom. The highest BCUT2D eigenvalue weighted by Gasteiger charge is 2.22. The molecule has 0 spiro atoms. The molecule has 0 saturated carbocycles. The monoisotopic (exact) mass is 269 g/mol. The lowest BCUT2D eigenvalue weighted by Crippen LogP contribution is -2.25. The Labute approximate surface area is 113 Å². The Morgan fingerprint density at radius 3 is 2.78 bits per heavy atom. The number of likely N-dealkylation sites (tertiary alicyclic amines) is 1. The van der Waals surface area contributed by atoms with Crippen molar-refractivity contribution < 1.29 is 9.84 Å². The first kappa shape index (κ1) is 13.8. The summed E-state index contributed by atoms with van der Waals surface area (Å²) < 4.78 is 5.33. The van der Waals surface area contributed by atoms with E-state index in [1.165, 1.54) is 0 Å². The van der Waals surface area contributed by atoms with Crippen LogP contribution < -0.4 is 0 Å². The summed E-state index contributed by atoms with van der Waals surface area (Å²) >= 11 is 5.83. The molecule has 4 heteroatoms. The molecule has 1 aromatic rings. The lowest BCUT2D eigenvalue weighted by molar-refractivity contribution is 0.102. The first-order chi connectivity index (χ1) is 8.69. The van der Waals surface area contributed by atoms with E-state index in [1.54, 1.807) is 7.11 Å². The zero-order valence-corrected chi connectivity index (χ0v) is 11.4. The van der Waals surface area contributed by atoms with Gasteiger partial charge in [0.05, 0.1) is 12.2 Å². The summed E-state index contributed by atoms with van der Waals surface area (Å²) in [6.45, 7) is 2.94. The van der Waals surface area contributed by atoms with E-state index in [0.29, 0.717) is 11.1 Å². The van der Waals surface area contributed by atoms with Crippen LogP contribution in [-0.4, -0.2) is 42.9 Å². The molecule has 0 aliphatic carbocycles. The third kappa shape index (κ3) is 3.69. The van der Waals surface area contributed by atoms with Crippen LogP contribution in [-0.2, 0) is 4.74 Å². The van der Waals surface area contributed by atoms with Crippen LogP contribution in [0.4, 0.5) is 0 Å². The second-order valence-electron chi connectivity index (χ2n) is 4.80. The first-order valence-electron chi connectivity index (χ1n) is 6.37. The van der Waals surface area contributed by atoms with Crippen molar-refractivity contribution in [2.45, 2.75) is 25.0 Å². The molecule has 1 aliphatic rings. The van der Waals surface area contributed by atoms with Gasteiger partial charge in [-0.2, -0.15) is 0 Å². The molecule has 3 nitrogen and oxygen atoms in total. The summed E-state index contributed by atoms with van der Waals surface area (Å²) in [5.41, 5.74) is 0.932. The van der Waals surface area contributed by atoms with Crippen LogP contribution in [0.3, 0.4) is 0 Å². The van der Waals surface area contributed by atoms with Crippen molar-refractivity contribution >= 4 is 11.6 Å². The summed E-state index contributed by atoms with van der Waals surface area (Å²) in [6.07, 6.45) is 1.78. The standard InChI is InChI=1S/C14H20ClNO2/c1-18-13-6-8-16(10-13)9-7-14(17)11-2-4-12(15)5-3-11/h2-5,13-14,17H,6-10H2,1H3. The fraction of sp³-hybridized carbons (Fsp3) is 0.571. The Bertz CT molecular complexity index is 369. The molecule has 100 valence electrons. The van der Waals surface area contributed by atoms with Crippen molar-refractivity contribution in [1.29, 1.82) is 0 Å². The van der Waals surface area contributed by atoms with Crippen molar-refractivity contribution in [2.75, 3.05) is 26.7 Å². The van der Waals surface area contributed by atoms with E-state index in [-0.39, 0.29) is 0 Å². The molecular formula is C14H20ClNO2. The minimum atomic E-state index is -0.413. The Morgan fingerprint density at radius 1 is 1.44 bits per heavy atom. The normalized spacial score (nSPS) is 22.3. The smallest absolute Gasteiger partial charge is 0.0802 e. The Kier molecular flexibility index (Phi) is 5.01. The quantitative estimate of drug-likeness (QED) is 0.891. The van der Waals surface area contributed by atoms with Gasteiger partial charge in [-0.05, 0) is 30.5 Å². The average molecular weight is 270 g/mol. The zero-order valence-electron chi connectivity index (χ0n) is 10.7. The van der Waals surface area contributed by atoms with Gasteiger partial charge in [0, 0.05) is 31.8 Å². The van der Waals surface area contributed by atoms with Crippen LogP contribution in [0.1, 0.15) is 24.5 Å². The molecule has 1 N–H and O–H groups in total. The van der Waals surface area contributed by atoms with E-state index in [9.17, 15) is 5.11 Å². The van der Waals surface area contributed by atoms with Crippen molar-refractivity contribution in [3.8, 4) is 0 Å². The molecule has 0 bridgehead atoms. The van der Waals surface area contributed by atoms with E-state index in [4.69, 9.17) is 16.3 Å². The molecule has 1 aliphatic heterocycles. The number of aliphatic hydroxyl groups is 1. The number of benzene rings is 1. The number of hydrogen-bond acceptors (Lipinski definition) is 3. The van der Waals surface area contributed by atoms with Crippen LogP contribution in [0.25, 0.3) is 0 Å². The molecule has 1 fully saturated rings. The predicted octanol–water partition coefficient (Wildman–Crippen LogP) is 2.48. The highest BCUT2D eigenvalue weighted by molar-refractivity contribution is 6.30. The zero-order chi connectivity index (χ0) is 13.0. The molecule has 1 heterocycles. The van der Waals surface area contributed by atoms with Crippen LogP contribution in [0.2, 0.25) is 5.02 Å². The van der Waals surface area contributed by atoms with Crippen molar-refractivity contribution in [1.82, 2.24) is 4.90 Å². The minimum absolute atomic E-state index is 0.359. The van der Waals surface area contributed by atoms with E-state index < -0.39 is 6.10 Å². The molecule has 0 amide bonds. The van der Waals surface area contributed by atoms with Gasteiger partial charge in [-0.25, -0.2) is 0 Å². The molecular weight excluding hydrogens is 250 g/mol. The number of aliphatic hydroxyl groups excluding tert-OH is 1. The van der Waals surface area contributed by atoms with Gasteiger partial charge in [0.15, 0.2) is 0 Å². The van der Waals surface area contributed by atoms with Crippen molar-refractivity contribution in [3.05, 3.63) is 34.9 Å². The third-order valence-corrected chi connectivity index (χ3v) is 3.79. The Hall–Kier alpha value is -0.610. The molecule has 2 unspecified atom stereocenters. The van der Waals surface area contributed by atoms with Crippen molar-refractivity contribution in [2.24, 2.45) is 0 Å². The minimum Gasteiger partial charge on any atom is -0.388 e. The number of nitrogens with zero attached hydrogens (tertiary/aromatic N) is 1. The third-order valence-electron chi connectivity index (χ3n) is 3.54. The van der Waals surface area contributed by atoms with Gasteiger partial charge in [-0.3, -0.25) is 0 Å². The topological polar surface area (TPSA) is 32.7 Å². The molecule has 0 aromatic heterocycles. The average Bonchev–Trinajstić information content (AvgIpc) is 2.85. The SMILES string of the molecule is COC1CCN(CCC(O)c2ccc(Cl)cc2)C1. The number of rotatable bonds is 5. The van der Waals surface area contributed by atoms with E-state index >= 15 is 0 Å². The highest BCUT2D eigenvalue weighted by atomic mass is 35.5. The van der Waals surface area contributed by atoms with Crippen LogP contribution in [0, 0.1) is 0 Å². The molecule has 1 aromatic carbocycles.